The zero-order valence-electron chi connectivity index (χ0n) is 12.7. The molecule has 0 unspecified atom stereocenters. The second kappa shape index (κ2) is 6.87. The second-order valence-corrected chi connectivity index (χ2v) is 4.91. The Bertz CT molecular complexity index is 795. The van der Waals surface area contributed by atoms with Crippen LogP contribution in [0.1, 0.15) is 10.6 Å². The summed E-state index contributed by atoms with van der Waals surface area (Å²) in [4.78, 5) is 12.1. The van der Waals surface area contributed by atoms with Crippen LogP contribution in [0.4, 0.5) is 0 Å². The lowest BCUT2D eigenvalue weighted by Crippen LogP contribution is -2.27. The third kappa shape index (κ3) is 3.45. The summed E-state index contributed by atoms with van der Waals surface area (Å²) < 4.78 is 16.3. The number of furan rings is 1. The van der Waals surface area contributed by atoms with Crippen LogP contribution in [0.15, 0.2) is 59.0 Å². The number of amides is 1. The topological polar surface area (TPSA) is 60.7 Å². The lowest BCUT2D eigenvalue weighted by Gasteiger charge is -2.06. The summed E-state index contributed by atoms with van der Waals surface area (Å²) in [6.45, 7) is 0.779. The van der Waals surface area contributed by atoms with Crippen molar-refractivity contribution < 1.29 is 18.7 Å². The summed E-state index contributed by atoms with van der Waals surface area (Å²) in [6, 6.07) is 16.7. The molecule has 0 aliphatic carbocycles. The van der Waals surface area contributed by atoms with Crippen molar-refractivity contribution in [1.82, 2.24) is 5.32 Å². The predicted molar refractivity (Wildman–Crippen MR) is 87.0 cm³/mol. The van der Waals surface area contributed by atoms with Crippen LogP contribution in [-0.2, 0) is 0 Å². The molecular weight excluding hydrogens is 294 g/mol. The van der Waals surface area contributed by atoms with Gasteiger partial charge in [-0.2, -0.15) is 0 Å². The van der Waals surface area contributed by atoms with Gasteiger partial charge in [-0.05, 0) is 24.3 Å². The Hall–Kier alpha value is -2.95. The molecule has 0 spiro atoms. The number of benzene rings is 2. The Morgan fingerprint density at radius 1 is 1.13 bits per heavy atom. The Kier molecular flexibility index (Phi) is 4.47. The van der Waals surface area contributed by atoms with E-state index in [1.54, 1.807) is 19.2 Å². The summed E-state index contributed by atoms with van der Waals surface area (Å²) in [5, 5.41) is 3.60. The van der Waals surface area contributed by atoms with Gasteiger partial charge < -0.3 is 19.2 Å². The molecule has 0 fully saturated rings. The van der Waals surface area contributed by atoms with Crippen molar-refractivity contribution in [2.24, 2.45) is 0 Å². The van der Waals surface area contributed by atoms with E-state index in [-0.39, 0.29) is 11.7 Å². The number of methoxy groups -OCH3 is 1. The molecule has 0 saturated heterocycles. The molecular formula is C18H17NO4. The molecule has 0 aliphatic heterocycles. The van der Waals surface area contributed by atoms with Gasteiger partial charge in [0, 0.05) is 5.39 Å². The van der Waals surface area contributed by atoms with E-state index >= 15 is 0 Å². The van der Waals surface area contributed by atoms with Crippen LogP contribution in [0.25, 0.3) is 11.0 Å². The number of nitrogens with one attached hydrogen (secondary N) is 1. The van der Waals surface area contributed by atoms with Gasteiger partial charge in [0.15, 0.2) is 17.1 Å². The predicted octanol–water partition coefficient (Wildman–Crippen LogP) is 3.25. The fourth-order valence-corrected chi connectivity index (χ4v) is 2.25. The molecule has 1 aromatic heterocycles. The molecule has 2 aromatic carbocycles. The van der Waals surface area contributed by atoms with Gasteiger partial charge in [-0.3, -0.25) is 4.79 Å². The SMILES string of the molecule is COc1cccc2cc(C(=O)NCCOc3ccccc3)oc12. The Morgan fingerprint density at radius 2 is 1.96 bits per heavy atom. The highest BCUT2D eigenvalue weighted by molar-refractivity contribution is 5.97. The maximum Gasteiger partial charge on any atom is 0.287 e. The normalized spacial score (nSPS) is 10.5. The van der Waals surface area contributed by atoms with Crippen molar-refractivity contribution in [2.75, 3.05) is 20.3 Å². The third-order valence-electron chi connectivity index (χ3n) is 3.35. The monoisotopic (exact) mass is 311 g/mol. The Balaban J connectivity index is 1.58. The van der Waals surface area contributed by atoms with Crippen molar-refractivity contribution in [3.8, 4) is 11.5 Å². The zero-order chi connectivity index (χ0) is 16.1. The van der Waals surface area contributed by atoms with E-state index in [0.717, 1.165) is 11.1 Å². The third-order valence-corrected chi connectivity index (χ3v) is 3.35. The molecule has 1 N–H and O–H groups in total. The molecule has 23 heavy (non-hydrogen) atoms. The van der Waals surface area contributed by atoms with Crippen LogP contribution in [-0.4, -0.2) is 26.2 Å². The average Bonchev–Trinajstić information content (AvgIpc) is 3.03. The molecule has 0 saturated carbocycles. The van der Waals surface area contributed by atoms with Crippen molar-refractivity contribution in [2.45, 2.75) is 0 Å². The first kappa shape index (κ1) is 15.0. The molecule has 0 aliphatic rings. The molecule has 0 bridgehead atoms. The minimum atomic E-state index is -0.278. The van der Waals surface area contributed by atoms with Gasteiger partial charge >= 0.3 is 0 Å². The highest BCUT2D eigenvalue weighted by Crippen LogP contribution is 2.28. The van der Waals surface area contributed by atoms with Gasteiger partial charge in [0.05, 0.1) is 13.7 Å². The lowest BCUT2D eigenvalue weighted by molar-refractivity contribution is 0.0921. The van der Waals surface area contributed by atoms with Crippen molar-refractivity contribution in [1.29, 1.82) is 0 Å². The average molecular weight is 311 g/mol. The first-order valence-corrected chi connectivity index (χ1v) is 7.30. The second-order valence-electron chi connectivity index (χ2n) is 4.91. The number of para-hydroxylation sites is 2. The van der Waals surface area contributed by atoms with E-state index in [9.17, 15) is 4.79 Å². The van der Waals surface area contributed by atoms with Gasteiger partial charge in [-0.25, -0.2) is 0 Å². The van der Waals surface area contributed by atoms with Gasteiger partial charge in [0.1, 0.15) is 12.4 Å². The largest absolute Gasteiger partial charge is 0.493 e. The Morgan fingerprint density at radius 3 is 2.74 bits per heavy atom. The summed E-state index contributed by atoms with van der Waals surface area (Å²) in [6.07, 6.45) is 0. The first-order chi connectivity index (χ1) is 11.3. The van der Waals surface area contributed by atoms with Gasteiger partial charge in [0.2, 0.25) is 0 Å². The number of carbonyl (C=O) groups is 1. The van der Waals surface area contributed by atoms with Crippen LogP contribution in [0.2, 0.25) is 0 Å². The van der Waals surface area contributed by atoms with E-state index in [4.69, 9.17) is 13.9 Å². The van der Waals surface area contributed by atoms with Gasteiger partial charge in [-0.1, -0.05) is 30.3 Å². The molecule has 0 atom stereocenters. The number of hydrogen-bond acceptors (Lipinski definition) is 4. The van der Waals surface area contributed by atoms with Crippen LogP contribution < -0.4 is 14.8 Å². The summed E-state index contributed by atoms with van der Waals surface area (Å²) >= 11 is 0. The molecule has 3 aromatic rings. The molecule has 1 amide bonds. The summed E-state index contributed by atoms with van der Waals surface area (Å²) in [5.41, 5.74) is 0.570. The van der Waals surface area contributed by atoms with E-state index in [0.29, 0.717) is 24.5 Å². The van der Waals surface area contributed by atoms with E-state index < -0.39 is 0 Å². The van der Waals surface area contributed by atoms with Crippen LogP contribution in [0, 0.1) is 0 Å². The molecule has 5 nitrogen and oxygen atoms in total. The minimum absolute atomic E-state index is 0.254. The molecule has 118 valence electrons. The van der Waals surface area contributed by atoms with Gasteiger partial charge in [-0.15, -0.1) is 0 Å². The maximum atomic E-state index is 12.1. The van der Waals surface area contributed by atoms with E-state index in [1.807, 2.05) is 42.5 Å². The summed E-state index contributed by atoms with van der Waals surface area (Å²) in [7, 11) is 1.57. The lowest BCUT2D eigenvalue weighted by atomic mass is 10.2. The van der Waals surface area contributed by atoms with Crippen LogP contribution in [0.5, 0.6) is 11.5 Å². The standard InChI is InChI=1S/C18H17NO4/c1-21-15-9-5-6-13-12-16(23-17(13)15)18(20)19-10-11-22-14-7-3-2-4-8-14/h2-9,12H,10-11H2,1H3,(H,19,20). The molecule has 0 radical (unpaired) electrons. The quantitative estimate of drug-likeness (QED) is 0.710. The number of carbonyl (C=O) groups excluding carboxylic acids is 1. The number of rotatable bonds is 6. The first-order valence-electron chi connectivity index (χ1n) is 7.30. The van der Waals surface area contributed by atoms with Crippen LogP contribution in [0.3, 0.4) is 0 Å². The molecule has 5 heteroatoms. The number of hydrogen-bond donors (Lipinski definition) is 1. The maximum absolute atomic E-state index is 12.1. The number of fused-ring (bicyclic) bond motifs is 1. The highest BCUT2D eigenvalue weighted by atomic mass is 16.5. The minimum Gasteiger partial charge on any atom is -0.493 e. The van der Waals surface area contributed by atoms with Crippen molar-refractivity contribution in [3.63, 3.8) is 0 Å². The molecule has 1 heterocycles. The van der Waals surface area contributed by atoms with Crippen molar-refractivity contribution in [3.05, 3.63) is 60.4 Å². The van der Waals surface area contributed by atoms with Gasteiger partial charge in [0.25, 0.3) is 5.91 Å². The number of ether oxygens (including phenoxy) is 2. The van der Waals surface area contributed by atoms with Crippen LogP contribution >= 0.6 is 0 Å². The fourth-order valence-electron chi connectivity index (χ4n) is 2.25. The summed E-state index contributed by atoms with van der Waals surface area (Å²) in [5.74, 6) is 1.35. The highest BCUT2D eigenvalue weighted by Gasteiger charge is 2.14. The molecule has 3 rings (SSSR count). The van der Waals surface area contributed by atoms with Crippen molar-refractivity contribution >= 4 is 16.9 Å². The van der Waals surface area contributed by atoms with E-state index in [2.05, 4.69) is 5.32 Å². The zero-order valence-corrected chi connectivity index (χ0v) is 12.7. The fraction of sp³-hybridized carbons (Fsp3) is 0.167. The Labute approximate surface area is 133 Å². The van der Waals surface area contributed by atoms with E-state index in [1.165, 1.54) is 0 Å². The smallest absolute Gasteiger partial charge is 0.287 e.